The summed E-state index contributed by atoms with van der Waals surface area (Å²) in [5, 5.41) is 8.78. The molecule has 0 bridgehead atoms. The zero-order valence-electron chi connectivity index (χ0n) is 11.4. The number of para-hydroxylation sites is 1. The normalized spacial score (nSPS) is 12.3. The van der Waals surface area contributed by atoms with Crippen LogP contribution in [0.2, 0.25) is 0 Å². The first kappa shape index (κ1) is 15.3. The molecule has 0 aliphatic heterocycles. The third kappa shape index (κ3) is 4.43. The molecule has 0 amide bonds. The van der Waals surface area contributed by atoms with Gasteiger partial charge in [0.2, 0.25) is 0 Å². The summed E-state index contributed by atoms with van der Waals surface area (Å²) < 4.78 is 6.19. The Kier molecular flexibility index (Phi) is 5.11. The highest BCUT2D eigenvalue weighted by Crippen LogP contribution is 2.24. The van der Waals surface area contributed by atoms with Gasteiger partial charge in [0.25, 0.3) is 0 Å². The van der Waals surface area contributed by atoms with Crippen molar-refractivity contribution in [3.05, 3.63) is 58.6 Å². The SMILES string of the molecule is CC(Oc1ccc(C=Nc2ccccc2Br)cc1)C(=O)O. The first-order chi connectivity index (χ1) is 10.1. The second-order valence-corrected chi connectivity index (χ2v) is 5.23. The lowest BCUT2D eigenvalue weighted by atomic mass is 10.2. The van der Waals surface area contributed by atoms with Crippen LogP contribution in [0.15, 0.2) is 58.0 Å². The molecule has 0 aliphatic rings. The number of benzene rings is 2. The molecule has 0 heterocycles. The molecule has 2 rings (SSSR count). The standard InChI is InChI=1S/C16H14BrNO3/c1-11(16(19)20)21-13-8-6-12(7-9-13)10-18-15-5-3-2-4-14(15)17/h2-11H,1H3,(H,19,20). The molecule has 4 nitrogen and oxygen atoms in total. The molecule has 2 aromatic rings. The predicted molar refractivity (Wildman–Crippen MR) is 85.6 cm³/mol. The highest BCUT2D eigenvalue weighted by atomic mass is 79.9. The Hall–Kier alpha value is -2.14. The maximum Gasteiger partial charge on any atom is 0.344 e. The van der Waals surface area contributed by atoms with Crippen LogP contribution in [0.3, 0.4) is 0 Å². The van der Waals surface area contributed by atoms with Crippen LogP contribution in [-0.4, -0.2) is 23.4 Å². The van der Waals surface area contributed by atoms with Gasteiger partial charge in [-0.2, -0.15) is 0 Å². The van der Waals surface area contributed by atoms with E-state index in [2.05, 4.69) is 20.9 Å². The van der Waals surface area contributed by atoms with Crippen LogP contribution < -0.4 is 4.74 Å². The minimum Gasteiger partial charge on any atom is -0.479 e. The Balaban J connectivity index is 2.06. The first-order valence-corrected chi connectivity index (χ1v) is 7.13. The molecule has 0 aliphatic carbocycles. The Bertz CT molecular complexity index is 653. The van der Waals surface area contributed by atoms with E-state index in [0.29, 0.717) is 5.75 Å². The number of carboxylic acids is 1. The second-order valence-electron chi connectivity index (χ2n) is 4.38. The molecular weight excluding hydrogens is 334 g/mol. The van der Waals surface area contributed by atoms with Gasteiger partial charge in [0.15, 0.2) is 6.10 Å². The number of halogens is 1. The lowest BCUT2D eigenvalue weighted by molar-refractivity contribution is -0.144. The molecule has 0 saturated heterocycles. The highest BCUT2D eigenvalue weighted by Gasteiger charge is 2.11. The fraction of sp³-hybridized carbons (Fsp3) is 0.125. The Labute approximate surface area is 131 Å². The van der Waals surface area contributed by atoms with Crippen LogP contribution in [0.5, 0.6) is 5.75 Å². The van der Waals surface area contributed by atoms with Crippen LogP contribution in [0.25, 0.3) is 0 Å². The highest BCUT2D eigenvalue weighted by molar-refractivity contribution is 9.10. The van der Waals surface area contributed by atoms with E-state index in [1.165, 1.54) is 6.92 Å². The van der Waals surface area contributed by atoms with Gasteiger partial charge in [0.05, 0.1) is 5.69 Å². The summed E-state index contributed by atoms with van der Waals surface area (Å²) in [5.41, 5.74) is 1.75. The molecule has 5 heteroatoms. The Morgan fingerprint density at radius 3 is 2.52 bits per heavy atom. The predicted octanol–water partition coefficient (Wildman–Crippen LogP) is 4.05. The van der Waals surface area contributed by atoms with E-state index in [1.807, 2.05) is 36.4 Å². The number of carbonyl (C=O) groups is 1. The lowest BCUT2D eigenvalue weighted by Gasteiger charge is -2.09. The number of aliphatic imine (C=N–C) groups is 1. The molecular formula is C16H14BrNO3. The zero-order valence-corrected chi connectivity index (χ0v) is 12.9. The van der Waals surface area contributed by atoms with Gasteiger partial charge in [0, 0.05) is 10.7 Å². The van der Waals surface area contributed by atoms with Crippen LogP contribution in [-0.2, 0) is 4.79 Å². The van der Waals surface area contributed by atoms with Gasteiger partial charge in [-0.05, 0) is 64.8 Å². The van der Waals surface area contributed by atoms with E-state index < -0.39 is 12.1 Å². The number of aliphatic carboxylic acids is 1. The largest absolute Gasteiger partial charge is 0.479 e. The minimum absolute atomic E-state index is 0.517. The van der Waals surface area contributed by atoms with Crippen molar-refractivity contribution in [2.75, 3.05) is 0 Å². The molecule has 2 aromatic carbocycles. The number of rotatable bonds is 5. The van der Waals surface area contributed by atoms with Gasteiger partial charge in [-0.3, -0.25) is 4.99 Å². The van der Waals surface area contributed by atoms with E-state index in [1.54, 1.807) is 18.3 Å². The van der Waals surface area contributed by atoms with E-state index in [4.69, 9.17) is 9.84 Å². The molecule has 0 spiro atoms. The van der Waals surface area contributed by atoms with Gasteiger partial charge in [-0.15, -0.1) is 0 Å². The monoisotopic (exact) mass is 347 g/mol. The average molecular weight is 348 g/mol. The van der Waals surface area contributed by atoms with E-state index >= 15 is 0 Å². The summed E-state index contributed by atoms with van der Waals surface area (Å²) >= 11 is 3.43. The molecule has 0 fully saturated rings. The fourth-order valence-corrected chi connectivity index (χ4v) is 1.97. The Morgan fingerprint density at radius 2 is 1.90 bits per heavy atom. The fourth-order valence-electron chi connectivity index (χ4n) is 1.59. The molecule has 1 atom stereocenters. The van der Waals surface area contributed by atoms with Crippen molar-refractivity contribution >= 4 is 33.8 Å². The number of ether oxygens (including phenoxy) is 1. The summed E-state index contributed by atoms with van der Waals surface area (Å²) in [6.07, 6.45) is 0.870. The molecule has 0 aromatic heterocycles. The average Bonchev–Trinajstić information content (AvgIpc) is 2.48. The Morgan fingerprint density at radius 1 is 1.24 bits per heavy atom. The lowest BCUT2D eigenvalue weighted by Crippen LogP contribution is -2.22. The molecule has 108 valence electrons. The van der Waals surface area contributed by atoms with E-state index in [9.17, 15) is 4.79 Å². The van der Waals surface area contributed by atoms with Crippen LogP contribution in [0, 0.1) is 0 Å². The van der Waals surface area contributed by atoms with Gasteiger partial charge < -0.3 is 9.84 Å². The number of hydrogen-bond acceptors (Lipinski definition) is 3. The molecule has 1 unspecified atom stereocenters. The number of nitrogens with zero attached hydrogens (tertiary/aromatic N) is 1. The van der Waals surface area contributed by atoms with Crippen molar-refractivity contribution < 1.29 is 14.6 Å². The van der Waals surface area contributed by atoms with Crippen LogP contribution >= 0.6 is 15.9 Å². The maximum absolute atomic E-state index is 10.7. The third-order valence-corrected chi connectivity index (χ3v) is 3.42. The van der Waals surface area contributed by atoms with Crippen molar-refractivity contribution in [1.82, 2.24) is 0 Å². The molecule has 0 saturated carbocycles. The van der Waals surface area contributed by atoms with Crippen molar-refractivity contribution in [2.24, 2.45) is 4.99 Å². The number of hydrogen-bond donors (Lipinski definition) is 1. The van der Waals surface area contributed by atoms with Crippen LogP contribution in [0.4, 0.5) is 5.69 Å². The number of carboxylic acid groups (broad SMARTS) is 1. The quantitative estimate of drug-likeness (QED) is 0.830. The van der Waals surface area contributed by atoms with Gasteiger partial charge in [0.1, 0.15) is 5.75 Å². The third-order valence-electron chi connectivity index (χ3n) is 2.75. The van der Waals surface area contributed by atoms with Crippen molar-refractivity contribution in [3.63, 3.8) is 0 Å². The second kappa shape index (κ2) is 7.04. The molecule has 1 N–H and O–H groups in total. The summed E-state index contributed by atoms with van der Waals surface area (Å²) in [6.45, 7) is 1.49. The molecule has 21 heavy (non-hydrogen) atoms. The van der Waals surface area contributed by atoms with E-state index in [-0.39, 0.29) is 0 Å². The van der Waals surface area contributed by atoms with Gasteiger partial charge >= 0.3 is 5.97 Å². The first-order valence-electron chi connectivity index (χ1n) is 6.34. The maximum atomic E-state index is 10.7. The van der Waals surface area contributed by atoms with Gasteiger partial charge in [-0.1, -0.05) is 12.1 Å². The summed E-state index contributed by atoms with van der Waals surface area (Å²) in [7, 11) is 0. The zero-order chi connectivity index (χ0) is 15.2. The van der Waals surface area contributed by atoms with Crippen molar-refractivity contribution in [3.8, 4) is 5.75 Å². The summed E-state index contributed by atoms with van der Waals surface area (Å²) in [6, 6.07) is 14.8. The van der Waals surface area contributed by atoms with Gasteiger partial charge in [-0.25, -0.2) is 4.79 Å². The van der Waals surface area contributed by atoms with Crippen molar-refractivity contribution in [2.45, 2.75) is 13.0 Å². The van der Waals surface area contributed by atoms with E-state index in [0.717, 1.165) is 15.7 Å². The minimum atomic E-state index is -0.991. The van der Waals surface area contributed by atoms with Crippen LogP contribution in [0.1, 0.15) is 12.5 Å². The van der Waals surface area contributed by atoms with Crippen molar-refractivity contribution in [1.29, 1.82) is 0 Å². The molecule has 0 radical (unpaired) electrons. The summed E-state index contributed by atoms with van der Waals surface area (Å²) in [4.78, 5) is 15.1. The topological polar surface area (TPSA) is 58.9 Å². The smallest absolute Gasteiger partial charge is 0.344 e. The summed E-state index contributed by atoms with van der Waals surface area (Å²) in [5.74, 6) is -0.475.